The molecule has 1 aliphatic rings. The highest BCUT2D eigenvalue weighted by atomic mass is 32.1. The number of halogens is 2. The monoisotopic (exact) mass is 351 g/mol. The molecule has 1 saturated carbocycles. The Morgan fingerprint density at radius 2 is 2.00 bits per heavy atom. The lowest BCUT2D eigenvalue weighted by Gasteiger charge is -2.29. The number of thiazole rings is 1. The molecule has 0 spiro atoms. The van der Waals surface area contributed by atoms with Crippen LogP contribution in [-0.2, 0) is 0 Å². The van der Waals surface area contributed by atoms with Crippen LogP contribution in [0.5, 0.6) is 0 Å². The van der Waals surface area contributed by atoms with Gasteiger partial charge >= 0.3 is 0 Å². The van der Waals surface area contributed by atoms with Gasteiger partial charge in [-0.1, -0.05) is 0 Å². The predicted octanol–water partition coefficient (Wildman–Crippen LogP) is 4.71. The van der Waals surface area contributed by atoms with Crippen molar-refractivity contribution in [1.82, 2.24) is 9.97 Å². The molecular formula is C17H19F2N3OS. The van der Waals surface area contributed by atoms with Gasteiger partial charge in [-0.05, 0) is 38.8 Å². The van der Waals surface area contributed by atoms with E-state index in [1.54, 1.807) is 12.1 Å². The molecule has 4 nitrogen and oxygen atoms in total. The lowest BCUT2D eigenvalue weighted by atomic mass is 9.92. The van der Waals surface area contributed by atoms with Gasteiger partial charge < -0.3 is 5.32 Å². The molecule has 7 heteroatoms. The van der Waals surface area contributed by atoms with Gasteiger partial charge in [-0.3, -0.25) is 4.79 Å². The Morgan fingerprint density at radius 1 is 1.29 bits per heavy atom. The van der Waals surface area contributed by atoms with Crippen molar-refractivity contribution < 1.29 is 13.6 Å². The van der Waals surface area contributed by atoms with Crippen LogP contribution < -0.4 is 5.32 Å². The number of anilines is 1. The molecule has 2 aromatic heterocycles. The number of pyridine rings is 1. The summed E-state index contributed by atoms with van der Waals surface area (Å²) in [5.41, 5.74) is 2.06. The highest BCUT2D eigenvalue weighted by Crippen LogP contribution is 2.34. The van der Waals surface area contributed by atoms with Gasteiger partial charge in [0.2, 0.25) is 5.92 Å². The van der Waals surface area contributed by atoms with Crippen molar-refractivity contribution in [2.75, 3.05) is 5.32 Å². The van der Waals surface area contributed by atoms with E-state index in [0.717, 1.165) is 10.7 Å². The average molecular weight is 351 g/mol. The van der Waals surface area contributed by atoms with E-state index in [9.17, 15) is 13.6 Å². The third kappa shape index (κ3) is 3.95. The molecule has 0 aromatic carbocycles. The Hall–Kier alpha value is -1.89. The number of carbonyl (C=O) groups excluding carboxylic acids is 1. The van der Waals surface area contributed by atoms with Crippen LogP contribution in [0.2, 0.25) is 0 Å². The standard InChI is InChI=1S/C17H19F2N3OS/c1-10-9-24-16(20-10)14-7-12(11(2)23)8-15(22-14)21-13-3-5-17(18,19)6-4-13/h7-9,13H,3-6H2,1-2H3,(H,21,22). The predicted molar refractivity (Wildman–Crippen MR) is 90.9 cm³/mol. The molecule has 0 unspecified atom stereocenters. The second-order valence-electron chi connectivity index (χ2n) is 6.25. The molecule has 1 N–H and O–H groups in total. The van der Waals surface area contributed by atoms with E-state index in [1.807, 2.05) is 12.3 Å². The lowest BCUT2D eigenvalue weighted by Crippen LogP contribution is -2.32. The van der Waals surface area contributed by atoms with Crippen LogP contribution in [0.4, 0.5) is 14.6 Å². The molecule has 3 rings (SSSR count). The topological polar surface area (TPSA) is 54.9 Å². The maximum atomic E-state index is 13.3. The summed E-state index contributed by atoms with van der Waals surface area (Å²) in [6.45, 7) is 3.40. The van der Waals surface area contributed by atoms with Crippen molar-refractivity contribution in [2.24, 2.45) is 0 Å². The molecule has 128 valence electrons. The highest BCUT2D eigenvalue weighted by molar-refractivity contribution is 7.13. The summed E-state index contributed by atoms with van der Waals surface area (Å²) in [6.07, 6.45) is 0.556. The number of nitrogens with zero attached hydrogens (tertiary/aromatic N) is 2. The number of carbonyl (C=O) groups is 1. The van der Waals surface area contributed by atoms with Crippen molar-refractivity contribution in [3.63, 3.8) is 0 Å². The molecule has 0 radical (unpaired) electrons. The van der Waals surface area contributed by atoms with Gasteiger partial charge in [-0.25, -0.2) is 18.7 Å². The zero-order valence-corrected chi connectivity index (χ0v) is 14.4. The summed E-state index contributed by atoms with van der Waals surface area (Å²) in [5.74, 6) is -2.08. The van der Waals surface area contributed by atoms with E-state index in [-0.39, 0.29) is 24.7 Å². The highest BCUT2D eigenvalue weighted by Gasteiger charge is 2.35. The molecular weight excluding hydrogens is 332 g/mol. The number of hydrogen-bond donors (Lipinski definition) is 1. The molecule has 0 saturated heterocycles. The Kier molecular flexibility index (Phi) is 4.62. The molecule has 0 bridgehead atoms. The van der Waals surface area contributed by atoms with Gasteiger partial charge in [0.1, 0.15) is 16.5 Å². The van der Waals surface area contributed by atoms with Crippen molar-refractivity contribution in [2.45, 2.75) is 51.5 Å². The number of Topliss-reactive ketones (excluding diaryl/α,β-unsaturated/α-hetero) is 1. The summed E-state index contributed by atoms with van der Waals surface area (Å²) >= 11 is 1.47. The fourth-order valence-electron chi connectivity index (χ4n) is 2.78. The second kappa shape index (κ2) is 6.55. The van der Waals surface area contributed by atoms with E-state index in [2.05, 4.69) is 15.3 Å². The fourth-order valence-corrected chi connectivity index (χ4v) is 3.54. The van der Waals surface area contributed by atoms with E-state index in [4.69, 9.17) is 0 Å². The van der Waals surface area contributed by atoms with Crippen molar-refractivity contribution in [1.29, 1.82) is 0 Å². The molecule has 0 atom stereocenters. The molecule has 0 aliphatic heterocycles. The maximum Gasteiger partial charge on any atom is 0.248 e. The molecule has 1 fully saturated rings. The van der Waals surface area contributed by atoms with E-state index < -0.39 is 5.92 Å². The smallest absolute Gasteiger partial charge is 0.248 e. The number of nitrogens with one attached hydrogen (secondary N) is 1. The van der Waals surface area contributed by atoms with E-state index >= 15 is 0 Å². The van der Waals surface area contributed by atoms with Gasteiger partial charge in [0.05, 0.1) is 0 Å². The SMILES string of the molecule is CC(=O)c1cc(NC2CCC(F)(F)CC2)nc(-c2nc(C)cs2)c1. The molecule has 24 heavy (non-hydrogen) atoms. The Morgan fingerprint density at radius 3 is 2.58 bits per heavy atom. The minimum atomic E-state index is -2.56. The number of aryl methyl sites for hydroxylation is 1. The van der Waals surface area contributed by atoms with Crippen LogP contribution >= 0.6 is 11.3 Å². The molecule has 1 aliphatic carbocycles. The Labute approximate surface area is 143 Å². The van der Waals surface area contributed by atoms with Gasteiger partial charge in [0.25, 0.3) is 0 Å². The summed E-state index contributed by atoms with van der Waals surface area (Å²) < 4.78 is 26.6. The number of aromatic nitrogens is 2. The minimum absolute atomic E-state index is 0.0507. The number of hydrogen-bond acceptors (Lipinski definition) is 5. The quantitative estimate of drug-likeness (QED) is 0.811. The average Bonchev–Trinajstić information content (AvgIpc) is 2.96. The Bertz CT molecular complexity index is 750. The zero-order valence-electron chi connectivity index (χ0n) is 13.6. The summed E-state index contributed by atoms with van der Waals surface area (Å²) in [4.78, 5) is 20.7. The van der Waals surface area contributed by atoms with Gasteiger partial charge in [0.15, 0.2) is 5.78 Å². The normalized spacial score (nSPS) is 17.7. The first-order valence-electron chi connectivity index (χ1n) is 7.92. The summed E-state index contributed by atoms with van der Waals surface area (Å²) in [5, 5.41) is 5.88. The minimum Gasteiger partial charge on any atom is -0.367 e. The Balaban J connectivity index is 1.84. The molecule has 2 aromatic rings. The summed E-state index contributed by atoms with van der Waals surface area (Å²) in [7, 11) is 0. The zero-order chi connectivity index (χ0) is 17.3. The third-order valence-electron chi connectivity index (χ3n) is 4.14. The van der Waals surface area contributed by atoms with Crippen LogP contribution in [0.1, 0.15) is 48.7 Å². The van der Waals surface area contributed by atoms with Crippen LogP contribution in [0.3, 0.4) is 0 Å². The molecule has 2 heterocycles. The number of rotatable bonds is 4. The van der Waals surface area contributed by atoms with E-state index in [0.29, 0.717) is 29.9 Å². The first-order valence-corrected chi connectivity index (χ1v) is 8.80. The molecule has 0 amide bonds. The van der Waals surface area contributed by atoms with Gasteiger partial charge in [0, 0.05) is 35.5 Å². The second-order valence-corrected chi connectivity index (χ2v) is 7.11. The first-order chi connectivity index (χ1) is 11.3. The van der Waals surface area contributed by atoms with Crippen LogP contribution in [0, 0.1) is 6.92 Å². The number of ketones is 1. The van der Waals surface area contributed by atoms with Crippen LogP contribution in [-0.4, -0.2) is 27.7 Å². The van der Waals surface area contributed by atoms with Gasteiger partial charge in [-0.2, -0.15) is 0 Å². The first kappa shape index (κ1) is 17.0. The fraction of sp³-hybridized carbons (Fsp3) is 0.471. The summed E-state index contributed by atoms with van der Waals surface area (Å²) in [6, 6.07) is 3.35. The third-order valence-corrected chi connectivity index (χ3v) is 5.12. The number of alkyl halides is 2. The van der Waals surface area contributed by atoms with Crippen molar-refractivity contribution >= 4 is 22.9 Å². The van der Waals surface area contributed by atoms with E-state index in [1.165, 1.54) is 18.3 Å². The lowest BCUT2D eigenvalue weighted by molar-refractivity contribution is -0.0361. The van der Waals surface area contributed by atoms with Crippen molar-refractivity contribution in [3.05, 3.63) is 28.8 Å². The van der Waals surface area contributed by atoms with Crippen molar-refractivity contribution in [3.8, 4) is 10.7 Å². The van der Waals surface area contributed by atoms with Crippen LogP contribution in [0.25, 0.3) is 10.7 Å². The van der Waals surface area contributed by atoms with Gasteiger partial charge in [-0.15, -0.1) is 11.3 Å². The van der Waals surface area contributed by atoms with Crippen LogP contribution in [0.15, 0.2) is 17.5 Å². The largest absolute Gasteiger partial charge is 0.367 e. The maximum absolute atomic E-state index is 13.3.